The van der Waals surface area contributed by atoms with Crippen LogP contribution in [0.25, 0.3) is 0 Å². The summed E-state index contributed by atoms with van der Waals surface area (Å²) in [7, 11) is 0. The minimum absolute atomic E-state index is 0.115. The van der Waals surface area contributed by atoms with Gasteiger partial charge in [-0.2, -0.15) is 0 Å². The summed E-state index contributed by atoms with van der Waals surface area (Å²) in [4.78, 5) is 0. The van der Waals surface area contributed by atoms with Crippen LogP contribution in [0.5, 0.6) is 0 Å². The van der Waals surface area contributed by atoms with Crippen LogP contribution < -0.4 is 5.73 Å². The summed E-state index contributed by atoms with van der Waals surface area (Å²) in [5.41, 5.74) is 6.66. The van der Waals surface area contributed by atoms with Crippen LogP contribution in [0.15, 0.2) is 0 Å². The maximum Gasteiger partial charge on any atom is 0.0545 e. The Labute approximate surface area is 136 Å². The average molecular weight is 306 g/mol. The van der Waals surface area contributed by atoms with Crippen LogP contribution >= 0.6 is 0 Å². The average Bonchev–Trinajstić information content (AvgIpc) is 2.84. The van der Waals surface area contributed by atoms with E-state index in [9.17, 15) is 5.11 Å². The fraction of sp³-hybridized carbons (Fsp3) is 1.00. The van der Waals surface area contributed by atoms with Crippen molar-refractivity contribution in [2.75, 3.05) is 0 Å². The zero-order valence-corrected chi connectivity index (χ0v) is 14.5. The van der Waals surface area contributed by atoms with Crippen LogP contribution in [0.3, 0.4) is 0 Å². The fourth-order valence-corrected chi connectivity index (χ4v) is 7.72. The number of hydrogen-bond acceptors (Lipinski definition) is 2. The molecule has 0 amide bonds. The highest BCUT2D eigenvalue weighted by Crippen LogP contribution is 2.64. The highest BCUT2D eigenvalue weighted by Gasteiger charge is 2.57. The smallest absolute Gasteiger partial charge is 0.0545 e. The molecule has 3 N–H and O–H groups in total. The summed E-state index contributed by atoms with van der Waals surface area (Å²) in [6.07, 6.45) is 12.2. The normalized spacial score (nSPS) is 55.9. The number of hydrogen-bond donors (Lipinski definition) is 2. The molecule has 0 spiro atoms. The first-order chi connectivity index (χ1) is 10.5. The molecule has 2 heteroatoms. The molecule has 9 atom stereocenters. The van der Waals surface area contributed by atoms with Gasteiger partial charge in [-0.15, -0.1) is 0 Å². The van der Waals surface area contributed by atoms with E-state index in [0.717, 1.165) is 29.6 Å². The lowest BCUT2D eigenvalue weighted by molar-refractivity contribution is -0.0788. The van der Waals surface area contributed by atoms with Crippen LogP contribution in [0.2, 0.25) is 0 Å². The second-order valence-corrected chi connectivity index (χ2v) is 9.48. The van der Waals surface area contributed by atoms with Gasteiger partial charge in [-0.1, -0.05) is 6.92 Å². The van der Waals surface area contributed by atoms with E-state index in [1.807, 2.05) is 6.92 Å². The molecule has 0 aromatic heterocycles. The largest absolute Gasteiger partial charge is 0.393 e. The first-order valence-electron chi connectivity index (χ1n) is 9.94. The molecule has 0 saturated heterocycles. The van der Waals surface area contributed by atoms with E-state index in [2.05, 4.69) is 6.92 Å². The van der Waals surface area contributed by atoms with Gasteiger partial charge in [0.1, 0.15) is 0 Å². The molecule has 4 aliphatic carbocycles. The lowest BCUT2D eigenvalue weighted by atomic mass is 9.49. The molecule has 4 rings (SSSR count). The van der Waals surface area contributed by atoms with Gasteiger partial charge in [0.25, 0.3) is 0 Å². The van der Waals surface area contributed by atoms with Crippen molar-refractivity contribution in [2.45, 2.75) is 83.8 Å². The van der Waals surface area contributed by atoms with Crippen LogP contribution in [0.1, 0.15) is 71.6 Å². The third-order valence-corrected chi connectivity index (χ3v) is 8.65. The van der Waals surface area contributed by atoms with E-state index in [4.69, 9.17) is 5.73 Å². The zero-order valence-electron chi connectivity index (χ0n) is 14.5. The van der Waals surface area contributed by atoms with E-state index < -0.39 is 0 Å². The van der Waals surface area contributed by atoms with Gasteiger partial charge in [-0.3, -0.25) is 0 Å². The molecule has 0 aliphatic heterocycles. The molecule has 4 fully saturated rings. The summed E-state index contributed by atoms with van der Waals surface area (Å²) in [5.74, 6) is 5.30. The lowest BCUT2D eigenvalue weighted by Gasteiger charge is -2.56. The van der Waals surface area contributed by atoms with Crippen molar-refractivity contribution in [1.29, 1.82) is 0 Å². The minimum Gasteiger partial charge on any atom is -0.393 e. The molecular weight excluding hydrogens is 270 g/mol. The molecule has 0 bridgehead atoms. The standard InChI is InChI=1S/C20H35NO/c1-12(22)18-7-8-19-17-5-3-13-11-14(21)4-6-15(13)16(17)9-10-20(18,19)2/h12-19,22H,3-11,21H2,1-2H3/t12-,13-,14+,15-,16+,17+,18+,19-,20+/m0/s1. The van der Waals surface area contributed by atoms with E-state index >= 15 is 0 Å². The quantitative estimate of drug-likeness (QED) is 0.770. The second kappa shape index (κ2) is 5.48. The Morgan fingerprint density at radius 3 is 2.50 bits per heavy atom. The van der Waals surface area contributed by atoms with Gasteiger partial charge in [0, 0.05) is 6.04 Å². The monoisotopic (exact) mass is 305 g/mol. The molecular formula is C20H35NO. The van der Waals surface area contributed by atoms with Crippen molar-refractivity contribution < 1.29 is 5.11 Å². The number of rotatable bonds is 1. The molecule has 0 unspecified atom stereocenters. The topological polar surface area (TPSA) is 46.2 Å². The molecule has 0 aromatic rings. The van der Waals surface area contributed by atoms with Crippen LogP contribution in [0.4, 0.5) is 0 Å². The minimum atomic E-state index is -0.115. The molecule has 22 heavy (non-hydrogen) atoms. The van der Waals surface area contributed by atoms with Gasteiger partial charge >= 0.3 is 0 Å². The predicted molar refractivity (Wildman–Crippen MR) is 90.3 cm³/mol. The van der Waals surface area contributed by atoms with Crippen molar-refractivity contribution in [3.8, 4) is 0 Å². The summed E-state index contributed by atoms with van der Waals surface area (Å²) < 4.78 is 0. The molecule has 0 aromatic carbocycles. The number of nitrogens with two attached hydrogens (primary N) is 1. The van der Waals surface area contributed by atoms with E-state index in [1.54, 1.807) is 0 Å². The third kappa shape index (κ3) is 2.20. The second-order valence-electron chi connectivity index (χ2n) is 9.48. The van der Waals surface area contributed by atoms with Gasteiger partial charge < -0.3 is 10.8 Å². The van der Waals surface area contributed by atoms with Crippen molar-refractivity contribution in [3.63, 3.8) is 0 Å². The summed E-state index contributed by atoms with van der Waals surface area (Å²) in [6.45, 7) is 4.55. The van der Waals surface area contributed by atoms with E-state index in [1.165, 1.54) is 57.8 Å². The maximum absolute atomic E-state index is 10.3. The first kappa shape index (κ1) is 15.4. The summed E-state index contributed by atoms with van der Waals surface area (Å²) >= 11 is 0. The van der Waals surface area contributed by atoms with Gasteiger partial charge in [-0.25, -0.2) is 0 Å². The first-order valence-corrected chi connectivity index (χ1v) is 9.94. The van der Waals surface area contributed by atoms with Gasteiger partial charge in [0.2, 0.25) is 0 Å². The molecule has 126 valence electrons. The highest BCUT2D eigenvalue weighted by atomic mass is 16.3. The Hall–Kier alpha value is -0.0800. The zero-order chi connectivity index (χ0) is 15.5. The predicted octanol–water partition coefficient (Wildman–Crippen LogP) is 3.96. The van der Waals surface area contributed by atoms with Crippen molar-refractivity contribution in [2.24, 2.45) is 46.7 Å². The van der Waals surface area contributed by atoms with Crippen LogP contribution in [-0.2, 0) is 0 Å². The van der Waals surface area contributed by atoms with Crippen molar-refractivity contribution in [1.82, 2.24) is 0 Å². The lowest BCUT2D eigenvalue weighted by Crippen LogP contribution is -2.50. The Morgan fingerprint density at radius 2 is 1.73 bits per heavy atom. The summed E-state index contributed by atoms with van der Waals surface area (Å²) in [5, 5.41) is 10.3. The highest BCUT2D eigenvalue weighted by molar-refractivity contribution is 5.06. The number of aliphatic hydroxyl groups is 1. The molecule has 2 nitrogen and oxygen atoms in total. The third-order valence-electron chi connectivity index (χ3n) is 8.65. The molecule has 0 heterocycles. The van der Waals surface area contributed by atoms with E-state index in [-0.39, 0.29) is 6.10 Å². The van der Waals surface area contributed by atoms with Gasteiger partial charge in [0.15, 0.2) is 0 Å². The SMILES string of the molecule is C[C@H](O)[C@H]1CC[C@H]2[C@@H]3CC[C@H]4C[C@H](N)CC[C@@H]4[C@H]3CC[C@]12C. The van der Waals surface area contributed by atoms with E-state index in [0.29, 0.717) is 17.4 Å². The van der Waals surface area contributed by atoms with Crippen molar-refractivity contribution >= 4 is 0 Å². The molecule has 4 saturated carbocycles. The summed E-state index contributed by atoms with van der Waals surface area (Å²) in [6, 6.07) is 0.484. The molecule has 4 aliphatic rings. The maximum atomic E-state index is 10.3. The van der Waals surface area contributed by atoms with Crippen LogP contribution in [0, 0.1) is 40.9 Å². The number of aliphatic hydroxyl groups excluding tert-OH is 1. The van der Waals surface area contributed by atoms with Gasteiger partial charge in [-0.05, 0) is 106 Å². The van der Waals surface area contributed by atoms with Crippen molar-refractivity contribution in [3.05, 3.63) is 0 Å². The number of fused-ring (bicyclic) bond motifs is 5. The Kier molecular flexibility index (Phi) is 3.85. The Morgan fingerprint density at radius 1 is 0.955 bits per heavy atom. The Bertz CT molecular complexity index is 422. The molecule has 0 radical (unpaired) electrons. The Balaban J connectivity index is 1.55. The van der Waals surface area contributed by atoms with Crippen LogP contribution in [-0.4, -0.2) is 17.3 Å². The fourth-order valence-electron chi connectivity index (χ4n) is 7.72. The van der Waals surface area contributed by atoms with Gasteiger partial charge in [0.05, 0.1) is 6.10 Å².